The van der Waals surface area contributed by atoms with Crippen LogP contribution in [0.15, 0.2) is 18.5 Å². The van der Waals surface area contributed by atoms with Gasteiger partial charge in [-0.3, -0.25) is 14.3 Å². The van der Waals surface area contributed by atoms with Gasteiger partial charge in [0.25, 0.3) is 0 Å². The first-order chi connectivity index (χ1) is 9.41. The molecule has 0 saturated heterocycles. The van der Waals surface area contributed by atoms with Crippen LogP contribution >= 0.6 is 24.8 Å². The number of nitrogens with zero attached hydrogens (tertiary/aromatic N) is 3. The summed E-state index contributed by atoms with van der Waals surface area (Å²) < 4.78 is 1.56. The molecule has 0 aliphatic heterocycles. The molecule has 1 heterocycles. The fraction of sp³-hybridized carbons (Fsp3) is 0.615. The van der Waals surface area contributed by atoms with Crippen LogP contribution in [-0.2, 0) is 9.59 Å². The molecule has 2 atom stereocenters. The van der Waals surface area contributed by atoms with Gasteiger partial charge < -0.3 is 16.0 Å². The average molecular weight is 354 g/mol. The molecule has 1 aromatic rings. The third kappa shape index (κ3) is 7.63. The van der Waals surface area contributed by atoms with E-state index in [1.54, 1.807) is 37.1 Å². The third-order valence-electron chi connectivity index (χ3n) is 2.96. The van der Waals surface area contributed by atoms with Crippen LogP contribution in [0, 0.1) is 0 Å². The summed E-state index contributed by atoms with van der Waals surface area (Å²) in [6.07, 6.45) is 4.05. The van der Waals surface area contributed by atoms with E-state index >= 15 is 0 Å². The maximum atomic E-state index is 12.1. The SMILES string of the molecule is CC(N)CCNC(=O)CN(C)C(=O)C(C)n1cccn1.Cl.Cl. The molecule has 0 aromatic carbocycles. The van der Waals surface area contributed by atoms with Crippen molar-refractivity contribution in [2.75, 3.05) is 20.1 Å². The maximum Gasteiger partial charge on any atom is 0.247 e. The van der Waals surface area contributed by atoms with Crippen LogP contribution in [0.5, 0.6) is 0 Å². The Morgan fingerprint density at radius 1 is 1.36 bits per heavy atom. The molecule has 0 aliphatic carbocycles. The van der Waals surface area contributed by atoms with Gasteiger partial charge in [-0.1, -0.05) is 0 Å². The Morgan fingerprint density at radius 3 is 2.50 bits per heavy atom. The molecule has 0 spiro atoms. The third-order valence-corrected chi connectivity index (χ3v) is 2.96. The molecule has 0 bridgehead atoms. The fourth-order valence-electron chi connectivity index (χ4n) is 1.73. The number of amides is 2. The van der Waals surface area contributed by atoms with E-state index in [0.717, 1.165) is 0 Å². The zero-order chi connectivity index (χ0) is 15.1. The first kappa shape index (κ1) is 23.0. The number of nitrogens with two attached hydrogens (primary N) is 1. The molecule has 2 amide bonds. The highest BCUT2D eigenvalue weighted by atomic mass is 35.5. The highest BCUT2D eigenvalue weighted by Gasteiger charge is 2.20. The lowest BCUT2D eigenvalue weighted by Gasteiger charge is -2.21. The predicted octanol–water partition coefficient (Wildman–Crippen LogP) is 0.600. The number of aromatic nitrogens is 2. The van der Waals surface area contributed by atoms with Crippen LogP contribution < -0.4 is 11.1 Å². The number of hydrogen-bond donors (Lipinski definition) is 2. The molecule has 2 unspecified atom stereocenters. The largest absolute Gasteiger partial charge is 0.355 e. The van der Waals surface area contributed by atoms with Crippen molar-refractivity contribution in [1.29, 1.82) is 0 Å². The standard InChI is InChI=1S/C13H23N5O2.2ClH/c1-10(14)5-7-15-12(19)9-17(3)13(20)11(2)18-8-4-6-16-18;;/h4,6,8,10-11H,5,7,9,14H2,1-3H3,(H,15,19);2*1H. The molecule has 0 aliphatic rings. The second-order valence-corrected chi connectivity index (χ2v) is 4.97. The van der Waals surface area contributed by atoms with Gasteiger partial charge in [-0.25, -0.2) is 0 Å². The average Bonchev–Trinajstić information content (AvgIpc) is 2.90. The van der Waals surface area contributed by atoms with Crippen LogP contribution in [0.1, 0.15) is 26.3 Å². The van der Waals surface area contributed by atoms with Crippen LogP contribution in [-0.4, -0.2) is 52.7 Å². The van der Waals surface area contributed by atoms with Crippen molar-refractivity contribution in [2.24, 2.45) is 5.73 Å². The van der Waals surface area contributed by atoms with Gasteiger partial charge in [0.1, 0.15) is 6.04 Å². The molecule has 22 heavy (non-hydrogen) atoms. The second kappa shape index (κ2) is 11.3. The van der Waals surface area contributed by atoms with E-state index in [9.17, 15) is 9.59 Å². The summed E-state index contributed by atoms with van der Waals surface area (Å²) in [7, 11) is 1.60. The van der Waals surface area contributed by atoms with Gasteiger partial charge in [0, 0.05) is 32.0 Å². The molecule has 128 valence electrons. The molecule has 1 rings (SSSR count). The Balaban J connectivity index is 0. The number of carbonyl (C=O) groups excluding carboxylic acids is 2. The number of likely N-dealkylation sites (N-methyl/N-ethyl adjacent to an activating group) is 1. The number of halogens is 2. The smallest absolute Gasteiger partial charge is 0.247 e. The molecule has 7 nitrogen and oxygen atoms in total. The van der Waals surface area contributed by atoms with E-state index in [4.69, 9.17) is 5.73 Å². The van der Waals surface area contributed by atoms with Crippen molar-refractivity contribution < 1.29 is 9.59 Å². The van der Waals surface area contributed by atoms with Crippen molar-refractivity contribution in [2.45, 2.75) is 32.4 Å². The number of carbonyl (C=O) groups is 2. The lowest BCUT2D eigenvalue weighted by Crippen LogP contribution is -2.41. The Bertz CT molecular complexity index is 440. The van der Waals surface area contributed by atoms with E-state index in [-0.39, 0.29) is 49.2 Å². The first-order valence-corrected chi connectivity index (χ1v) is 6.68. The van der Waals surface area contributed by atoms with Gasteiger partial charge in [0.2, 0.25) is 11.8 Å². The van der Waals surface area contributed by atoms with Gasteiger partial charge in [-0.15, -0.1) is 24.8 Å². The minimum absolute atomic E-state index is 0. The van der Waals surface area contributed by atoms with Gasteiger partial charge >= 0.3 is 0 Å². The van der Waals surface area contributed by atoms with Crippen molar-refractivity contribution in [3.8, 4) is 0 Å². The van der Waals surface area contributed by atoms with Gasteiger partial charge in [0.05, 0.1) is 6.54 Å². The second-order valence-electron chi connectivity index (χ2n) is 4.97. The fourth-order valence-corrected chi connectivity index (χ4v) is 1.73. The van der Waals surface area contributed by atoms with E-state index in [0.29, 0.717) is 13.0 Å². The van der Waals surface area contributed by atoms with Crippen molar-refractivity contribution in [1.82, 2.24) is 20.0 Å². The van der Waals surface area contributed by atoms with Gasteiger partial charge in [-0.2, -0.15) is 5.10 Å². The molecule has 1 aromatic heterocycles. The molecule has 3 N–H and O–H groups in total. The highest BCUT2D eigenvalue weighted by Crippen LogP contribution is 2.06. The Hall–Kier alpha value is -1.31. The van der Waals surface area contributed by atoms with E-state index < -0.39 is 6.04 Å². The lowest BCUT2D eigenvalue weighted by molar-refractivity contribution is -0.137. The summed E-state index contributed by atoms with van der Waals surface area (Å²) in [5.41, 5.74) is 5.60. The minimum Gasteiger partial charge on any atom is -0.355 e. The maximum absolute atomic E-state index is 12.1. The van der Waals surface area contributed by atoms with Crippen molar-refractivity contribution in [3.05, 3.63) is 18.5 Å². The Labute approximate surface area is 143 Å². The quantitative estimate of drug-likeness (QED) is 0.750. The molecule has 0 fully saturated rings. The first-order valence-electron chi connectivity index (χ1n) is 6.68. The molecular formula is C13H25Cl2N5O2. The van der Waals surface area contributed by atoms with Gasteiger partial charge in [-0.05, 0) is 26.3 Å². The lowest BCUT2D eigenvalue weighted by atomic mass is 10.2. The summed E-state index contributed by atoms with van der Waals surface area (Å²) >= 11 is 0. The van der Waals surface area contributed by atoms with Crippen LogP contribution in [0.3, 0.4) is 0 Å². The number of nitrogens with one attached hydrogen (secondary N) is 1. The molecular weight excluding hydrogens is 329 g/mol. The van der Waals surface area contributed by atoms with E-state index in [1.807, 2.05) is 6.92 Å². The molecule has 0 saturated carbocycles. The van der Waals surface area contributed by atoms with Crippen LogP contribution in [0.2, 0.25) is 0 Å². The highest BCUT2D eigenvalue weighted by molar-refractivity contribution is 5.86. The normalized spacial score (nSPS) is 12.4. The number of hydrogen-bond acceptors (Lipinski definition) is 4. The summed E-state index contributed by atoms with van der Waals surface area (Å²) in [6.45, 7) is 4.18. The topological polar surface area (TPSA) is 93.3 Å². The van der Waals surface area contributed by atoms with Crippen LogP contribution in [0.25, 0.3) is 0 Å². The minimum atomic E-state index is -0.424. The van der Waals surface area contributed by atoms with Crippen molar-refractivity contribution in [3.63, 3.8) is 0 Å². The summed E-state index contributed by atoms with van der Waals surface area (Å²) in [4.78, 5) is 25.2. The zero-order valence-corrected chi connectivity index (χ0v) is 14.7. The summed E-state index contributed by atoms with van der Waals surface area (Å²) in [6, 6.07) is 1.38. The van der Waals surface area contributed by atoms with E-state index in [1.165, 1.54) is 4.90 Å². The molecule has 9 heteroatoms. The van der Waals surface area contributed by atoms with Gasteiger partial charge in [0.15, 0.2) is 0 Å². The monoisotopic (exact) mass is 353 g/mol. The van der Waals surface area contributed by atoms with Crippen LogP contribution in [0.4, 0.5) is 0 Å². The molecule has 0 radical (unpaired) electrons. The van der Waals surface area contributed by atoms with E-state index in [2.05, 4.69) is 10.4 Å². The van der Waals surface area contributed by atoms with Crippen molar-refractivity contribution >= 4 is 36.6 Å². The number of rotatable bonds is 7. The zero-order valence-electron chi connectivity index (χ0n) is 13.1. The predicted molar refractivity (Wildman–Crippen MR) is 90.3 cm³/mol. The Morgan fingerprint density at radius 2 is 2.00 bits per heavy atom. The summed E-state index contributed by atoms with van der Waals surface area (Å²) in [5, 5.41) is 6.76. The Kier molecular flexibility index (Phi) is 11.8. The summed E-state index contributed by atoms with van der Waals surface area (Å²) in [5.74, 6) is -0.342.